The molecule has 0 heterocycles. The number of nitrogens with zero attached hydrogens (tertiary/aromatic N) is 3. The van der Waals surface area contributed by atoms with E-state index in [0.717, 1.165) is 6.26 Å². The first-order valence-electron chi connectivity index (χ1n) is 9.56. The number of amides is 1. The third-order valence-electron chi connectivity index (χ3n) is 4.64. The van der Waals surface area contributed by atoms with Crippen LogP contribution in [0.15, 0.2) is 44.6 Å². The van der Waals surface area contributed by atoms with Crippen LogP contribution < -0.4 is 0 Å². The monoisotopic (exact) mass is 527 g/mol. The standard InChI is InChI=1S/C21H20ClF6N3O2S/c1-5-31(3)11-29-17-6-12(2)18(10-16(17)22)34(4,33)30-19(32)13-7-14(20(23,24)25)9-15(8-13)21(26,27)28/h6-11H,5H2,1-4H3. The molecule has 0 aliphatic carbocycles. The summed E-state index contributed by atoms with van der Waals surface area (Å²) in [6, 6.07) is 3.09. The molecule has 0 spiro atoms. The number of hydrogen-bond donors (Lipinski definition) is 0. The summed E-state index contributed by atoms with van der Waals surface area (Å²) >= 11 is 6.20. The molecule has 0 fully saturated rings. The highest BCUT2D eigenvalue weighted by atomic mass is 35.5. The van der Waals surface area contributed by atoms with Crippen LogP contribution in [-0.4, -0.2) is 41.2 Å². The molecular weight excluding hydrogens is 508 g/mol. The first kappa shape index (κ1) is 27.6. The lowest BCUT2D eigenvalue weighted by molar-refractivity contribution is -0.143. The molecule has 1 amide bonds. The largest absolute Gasteiger partial charge is 0.416 e. The van der Waals surface area contributed by atoms with Crippen molar-refractivity contribution in [3.63, 3.8) is 0 Å². The number of alkyl halides is 6. The topological polar surface area (TPSA) is 62.1 Å². The summed E-state index contributed by atoms with van der Waals surface area (Å²) in [6.07, 6.45) is -7.73. The van der Waals surface area contributed by atoms with Crippen molar-refractivity contribution in [2.45, 2.75) is 31.1 Å². The van der Waals surface area contributed by atoms with Crippen LogP contribution in [-0.2, 0) is 22.1 Å². The Morgan fingerprint density at radius 3 is 2.06 bits per heavy atom. The summed E-state index contributed by atoms with van der Waals surface area (Å²) in [7, 11) is -1.82. The molecule has 0 saturated carbocycles. The fraction of sp³-hybridized carbons (Fsp3) is 0.333. The quantitative estimate of drug-likeness (QED) is 0.250. The first-order chi connectivity index (χ1) is 15.5. The predicted octanol–water partition coefficient (Wildman–Crippen LogP) is 6.59. The van der Waals surface area contributed by atoms with E-state index in [1.165, 1.54) is 25.4 Å². The summed E-state index contributed by atoms with van der Waals surface area (Å²) in [5.41, 5.74) is -3.66. The summed E-state index contributed by atoms with van der Waals surface area (Å²) in [4.78, 5) is 18.5. The van der Waals surface area contributed by atoms with Crippen LogP contribution in [0.5, 0.6) is 0 Å². The number of hydrogen-bond acceptors (Lipinski definition) is 3. The molecule has 13 heteroatoms. The van der Waals surface area contributed by atoms with E-state index in [2.05, 4.69) is 9.36 Å². The van der Waals surface area contributed by atoms with E-state index < -0.39 is 44.7 Å². The van der Waals surface area contributed by atoms with Gasteiger partial charge in [0.15, 0.2) is 0 Å². The summed E-state index contributed by atoms with van der Waals surface area (Å²) in [6.45, 7) is 4.10. The second-order valence-corrected chi connectivity index (χ2v) is 10.0. The molecule has 0 saturated heterocycles. The normalized spacial score (nSPS) is 14.2. The molecule has 1 atom stereocenters. The number of aliphatic imine (C=N–C) groups is 1. The Morgan fingerprint density at radius 2 is 1.59 bits per heavy atom. The van der Waals surface area contributed by atoms with Crippen molar-refractivity contribution in [3.05, 3.63) is 57.6 Å². The minimum absolute atomic E-state index is 0.00309. The molecule has 0 aliphatic heterocycles. The van der Waals surface area contributed by atoms with Crippen LogP contribution in [0, 0.1) is 6.92 Å². The van der Waals surface area contributed by atoms with Gasteiger partial charge in [0.1, 0.15) is 0 Å². The third-order valence-corrected chi connectivity index (χ3v) is 6.71. The maximum atomic E-state index is 13.2. The molecule has 34 heavy (non-hydrogen) atoms. The molecule has 2 aromatic carbocycles. The molecule has 5 nitrogen and oxygen atoms in total. The SMILES string of the molecule is CCN(C)C=Nc1cc(C)c(S(C)(=O)=NC(=O)c2cc(C(F)(F)F)cc(C(F)(F)F)c2)cc1Cl. The van der Waals surface area contributed by atoms with Gasteiger partial charge >= 0.3 is 12.4 Å². The van der Waals surface area contributed by atoms with E-state index in [4.69, 9.17) is 11.6 Å². The average Bonchev–Trinajstić information content (AvgIpc) is 2.71. The van der Waals surface area contributed by atoms with E-state index in [0.29, 0.717) is 17.8 Å². The van der Waals surface area contributed by atoms with Crippen LogP contribution in [0.25, 0.3) is 0 Å². The maximum Gasteiger partial charge on any atom is 0.416 e. The number of carbonyl (C=O) groups is 1. The van der Waals surface area contributed by atoms with Gasteiger partial charge in [0.2, 0.25) is 0 Å². The third kappa shape index (κ3) is 6.72. The molecule has 2 aromatic rings. The van der Waals surface area contributed by atoms with Gasteiger partial charge in [0.25, 0.3) is 5.91 Å². The maximum absolute atomic E-state index is 13.2. The van der Waals surface area contributed by atoms with Crippen molar-refractivity contribution in [3.8, 4) is 0 Å². The van der Waals surface area contributed by atoms with E-state index in [9.17, 15) is 35.3 Å². The van der Waals surface area contributed by atoms with Crippen molar-refractivity contribution < 1.29 is 35.3 Å². The van der Waals surface area contributed by atoms with Crippen LogP contribution in [0.4, 0.5) is 32.0 Å². The second kappa shape index (κ2) is 9.95. The van der Waals surface area contributed by atoms with Crippen molar-refractivity contribution in [2.24, 2.45) is 9.36 Å². The smallest absolute Gasteiger partial charge is 0.366 e. The molecule has 0 N–H and O–H groups in total. The van der Waals surface area contributed by atoms with Gasteiger partial charge in [0, 0.05) is 25.4 Å². The fourth-order valence-electron chi connectivity index (χ4n) is 2.74. The highest BCUT2D eigenvalue weighted by Crippen LogP contribution is 2.37. The number of benzene rings is 2. The Bertz CT molecular complexity index is 1220. The molecule has 186 valence electrons. The molecule has 0 aromatic heterocycles. The number of carbonyl (C=O) groups excluding carboxylic acids is 1. The zero-order valence-corrected chi connectivity index (χ0v) is 20.0. The lowest BCUT2D eigenvalue weighted by Crippen LogP contribution is -2.14. The second-order valence-electron chi connectivity index (χ2n) is 7.38. The van der Waals surface area contributed by atoms with Crippen LogP contribution in [0.3, 0.4) is 0 Å². The van der Waals surface area contributed by atoms with Gasteiger partial charge in [0.05, 0.1) is 42.8 Å². The van der Waals surface area contributed by atoms with Gasteiger partial charge in [-0.05, 0) is 49.7 Å². The van der Waals surface area contributed by atoms with Gasteiger partial charge in [-0.25, -0.2) is 9.20 Å². The van der Waals surface area contributed by atoms with Gasteiger partial charge in [-0.1, -0.05) is 11.6 Å². The Morgan fingerprint density at radius 1 is 1.06 bits per heavy atom. The Labute approximate surface area is 197 Å². The van der Waals surface area contributed by atoms with E-state index in [1.807, 2.05) is 6.92 Å². The van der Waals surface area contributed by atoms with Gasteiger partial charge in [-0.15, -0.1) is 0 Å². The fourth-order valence-corrected chi connectivity index (χ4v) is 4.53. The molecule has 1 unspecified atom stereocenters. The van der Waals surface area contributed by atoms with E-state index in [-0.39, 0.29) is 28.1 Å². The first-order valence-corrected chi connectivity index (χ1v) is 11.9. The predicted molar refractivity (Wildman–Crippen MR) is 118 cm³/mol. The van der Waals surface area contributed by atoms with Gasteiger partial charge in [-0.2, -0.15) is 30.7 Å². The van der Waals surface area contributed by atoms with E-state index >= 15 is 0 Å². The lowest BCUT2D eigenvalue weighted by atomic mass is 10.0. The van der Waals surface area contributed by atoms with Crippen molar-refractivity contribution in [1.82, 2.24) is 4.90 Å². The number of rotatable bonds is 5. The van der Waals surface area contributed by atoms with Crippen LogP contribution >= 0.6 is 11.6 Å². The Kier molecular flexibility index (Phi) is 8.09. The summed E-state index contributed by atoms with van der Waals surface area (Å²) < 4.78 is 95.1. The summed E-state index contributed by atoms with van der Waals surface area (Å²) in [5, 5.41) is 0.0667. The minimum atomic E-state index is -5.14. The average molecular weight is 528 g/mol. The zero-order valence-electron chi connectivity index (χ0n) is 18.4. The van der Waals surface area contributed by atoms with Crippen LogP contribution in [0.2, 0.25) is 5.02 Å². The van der Waals surface area contributed by atoms with Gasteiger partial charge in [-0.3, -0.25) is 4.79 Å². The Hall–Kier alpha value is -2.60. The van der Waals surface area contributed by atoms with Gasteiger partial charge < -0.3 is 4.90 Å². The van der Waals surface area contributed by atoms with Crippen molar-refractivity contribution in [1.29, 1.82) is 0 Å². The molecule has 0 aliphatic rings. The van der Waals surface area contributed by atoms with Crippen LogP contribution in [0.1, 0.15) is 34.0 Å². The number of aryl methyl sites for hydroxylation is 1. The number of halogens is 7. The molecular formula is C21H20ClF6N3O2S. The lowest BCUT2D eigenvalue weighted by Gasteiger charge is -2.14. The highest BCUT2D eigenvalue weighted by molar-refractivity contribution is 7.93. The summed E-state index contributed by atoms with van der Waals surface area (Å²) in [5.74, 6) is -1.49. The van der Waals surface area contributed by atoms with Crippen molar-refractivity contribution >= 4 is 39.3 Å². The Balaban J connectivity index is 2.57. The molecule has 0 bridgehead atoms. The van der Waals surface area contributed by atoms with Crippen molar-refractivity contribution in [2.75, 3.05) is 19.8 Å². The molecule has 0 radical (unpaired) electrons. The minimum Gasteiger partial charge on any atom is -0.366 e. The molecule has 2 rings (SSSR count). The highest BCUT2D eigenvalue weighted by Gasteiger charge is 2.37. The van der Waals surface area contributed by atoms with E-state index in [1.54, 1.807) is 11.9 Å². The zero-order chi connectivity index (χ0) is 26.1.